The lowest BCUT2D eigenvalue weighted by Crippen LogP contribution is -2.35. The number of imidazole rings is 1. The fraction of sp³-hybridized carbons (Fsp3) is 0.353. The molecule has 1 fully saturated rings. The van der Waals surface area contributed by atoms with Gasteiger partial charge in [-0.15, -0.1) is 0 Å². The number of aryl methyl sites for hydroxylation is 1. The largest absolute Gasteiger partial charge is 0.368 e. The van der Waals surface area contributed by atoms with Crippen molar-refractivity contribution >= 4 is 22.8 Å². The minimum Gasteiger partial charge on any atom is -0.368 e. The number of hydrogen-bond donors (Lipinski definition) is 2. The van der Waals surface area contributed by atoms with E-state index in [1.807, 2.05) is 31.2 Å². The predicted molar refractivity (Wildman–Crippen MR) is 91.5 cm³/mol. The fourth-order valence-corrected chi connectivity index (χ4v) is 3.31. The summed E-state index contributed by atoms with van der Waals surface area (Å²) in [6.07, 6.45) is 2.25. The highest BCUT2D eigenvalue weighted by Gasteiger charge is 2.25. The minimum atomic E-state index is 0.339. The average Bonchev–Trinajstić information content (AvgIpc) is 2.98. The van der Waals surface area contributed by atoms with Crippen LogP contribution in [0.15, 0.2) is 30.3 Å². The molecule has 3 heterocycles. The molecular formula is C17H20N6. The van der Waals surface area contributed by atoms with E-state index >= 15 is 0 Å². The minimum absolute atomic E-state index is 0.339. The number of aromatic nitrogens is 4. The Kier molecular flexibility index (Phi) is 3.37. The Labute approximate surface area is 134 Å². The second-order valence-electron chi connectivity index (χ2n) is 6.15. The van der Waals surface area contributed by atoms with Crippen LogP contribution < -0.4 is 10.6 Å². The van der Waals surface area contributed by atoms with Crippen LogP contribution in [0.3, 0.4) is 0 Å². The molecule has 118 valence electrons. The van der Waals surface area contributed by atoms with Crippen molar-refractivity contribution in [1.29, 1.82) is 0 Å². The number of fused-ring (bicyclic) bond motifs is 1. The lowest BCUT2D eigenvalue weighted by Gasteiger charge is -2.32. The first-order chi connectivity index (χ1) is 11.2. The van der Waals surface area contributed by atoms with Crippen LogP contribution in [-0.2, 0) is 0 Å². The van der Waals surface area contributed by atoms with Gasteiger partial charge in [0.2, 0.25) is 5.95 Å². The zero-order valence-electron chi connectivity index (χ0n) is 13.2. The van der Waals surface area contributed by atoms with Crippen LogP contribution in [0, 0.1) is 6.92 Å². The summed E-state index contributed by atoms with van der Waals surface area (Å²) in [4.78, 5) is 19.1. The molecule has 1 aliphatic heterocycles. The van der Waals surface area contributed by atoms with E-state index in [4.69, 9.17) is 10.7 Å². The van der Waals surface area contributed by atoms with E-state index in [1.54, 1.807) is 0 Å². The van der Waals surface area contributed by atoms with Gasteiger partial charge in [0.1, 0.15) is 11.6 Å². The number of nitrogens with one attached hydrogen (secondary N) is 1. The van der Waals surface area contributed by atoms with Crippen LogP contribution in [0.2, 0.25) is 0 Å². The average molecular weight is 308 g/mol. The van der Waals surface area contributed by atoms with Gasteiger partial charge in [-0.25, -0.2) is 9.97 Å². The smallest absolute Gasteiger partial charge is 0.222 e. The normalized spacial score (nSPS) is 18.5. The molecule has 0 spiro atoms. The van der Waals surface area contributed by atoms with Crippen LogP contribution in [0.1, 0.15) is 30.3 Å². The zero-order chi connectivity index (χ0) is 15.8. The van der Waals surface area contributed by atoms with E-state index in [1.165, 1.54) is 0 Å². The molecule has 1 atom stereocenters. The van der Waals surface area contributed by atoms with Gasteiger partial charge in [0.25, 0.3) is 0 Å². The summed E-state index contributed by atoms with van der Waals surface area (Å²) in [7, 11) is 0. The number of H-pyrrole nitrogens is 1. The predicted octanol–water partition coefficient (Wildman–Crippen LogP) is 2.63. The maximum Gasteiger partial charge on any atom is 0.222 e. The highest BCUT2D eigenvalue weighted by Crippen LogP contribution is 2.29. The summed E-state index contributed by atoms with van der Waals surface area (Å²) in [5.74, 6) is 2.70. The maximum atomic E-state index is 5.80. The Morgan fingerprint density at radius 2 is 2.09 bits per heavy atom. The first-order valence-electron chi connectivity index (χ1n) is 8.00. The Morgan fingerprint density at radius 1 is 1.22 bits per heavy atom. The molecule has 1 aromatic carbocycles. The molecule has 6 nitrogen and oxygen atoms in total. The van der Waals surface area contributed by atoms with Gasteiger partial charge in [0.05, 0.1) is 11.0 Å². The number of piperidine rings is 1. The van der Waals surface area contributed by atoms with E-state index in [-0.39, 0.29) is 0 Å². The van der Waals surface area contributed by atoms with Gasteiger partial charge in [-0.05, 0) is 31.9 Å². The second kappa shape index (κ2) is 5.53. The van der Waals surface area contributed by atoms with Crippen molar-refractivity contribution in [3.63, 3.8) is 0 Å². The number of hydrogen-bond acceptors (Lipinski definition) is 5. The first kappa shape index (κ1) is 14.0. The summed E-state index contributed by atoms with van der Waals surface area (Å²) in [5.41, 5.74) is 8.82. The van der Waals surface area contributed by atoms with Gasteiger partial charge in [0, 0.05) is 30.8 Å². The Hall–Kier alpha value is -2.63. The number of aromatic amines is 1. The molecule has 0 bridgehead atoms. The van der Waals surface area contributed by atoms with Crippen LogP contribution >= 0.6 is 0 Å². The number of benzene rings is 1. The van der Waals surface area contributed by atoms with Gasteiger partial charge in [0.15, 0.2) is 0 Å². The molecule has 4 rings (SSSR count). The molecule has 0 aliphatic carbocycles. The Balaban J connectivity index is 1.61. The molecule has 0 unspecified atom stereocenters. The molecule has 3 aromatic rings. The van der Waals surface area contributed by atoms with E-state index < -0.39 is 0 Å². The standard InChI is InChI=1S/C17H20N6/c1-11-9-15(22-17(18)19-11)23-8-4-5-12(10-23)16-20-13-6-2-3-7-14(13)21-16/h2-3,6-7,9,12H,4-5,8,10H2,1H3,(H,20,21)(H2,18,19,22)/t12-/m1/s1. The third-order valence-corrected chi connectivity index (χ3v) is 4.40. The van der Waals surface area contributed by atoms with Crippen molar-refractivity contribution in [2.75, 3.05) is 23.7 Å². The van der Waals surface area contributed by atoms with E-state index in [0.29, 0.717) is 11.9 Å². The molecule has 23 heavy (non-hydrogen) atoms. The molecule has 0 amide bonds. The Bertz CT molecular complexity index is 787. The van der Waals surface area contributed by atoms with E-state index in [0.717, 1.165) is 54.3 Å². The zero-order valence-corrected chi connectivity index (χ0v) is 13.2. The number of nitrogens with zero attached hydrogens (tertiary/aromatic N) is 4. The molecule has 3 N–H and O–H groups in total. The van der Waals surface area contributed by atoms with Crippen LogP contribution in [-0.4, -0.2) is 33.0 Å². The van der Waals surface area contributed by atoms with Crippen molar-refractivity contribution in [3.05, 3.63) is 41.9 Å². The summed E-state index contributed by atoms with van der Waals surface area (Å²) in [5, 5.41) is 0. The first-order valence-corrected chi connectivity index (χ1v) is 8.00. The lowest BCUT2D eigenvalue weighted by molar-refractivity contribution is 0.492. The second-order valence-corrected chi connectivity index (χ2v) is 6.15. The Morgan fingerprint density at radius 3 is 2.91 bits per heavy atom. The van der Waals surface area contributed by atoms with Crippen molar-refractivity contribution < 1.29 is 0 Å². The van der Waals surface area contributed by atoms with Crippen molar-refractivity contribution in [3.8, 4) is 0 Å². The monoisotopic (exact) mass is 308 g/mol. The van der Waals surface area contributed by atoms with Crippen LogP contribution in [0.4, 0.5) is 11.8 Å². The summed E-state index contributed by atoms with van der Waals surface area (Å²) < 4.78 is 0. The van der Waals surface area contributed by atoms with Crippen LogP contribution in [0.25, 0.3) is 11.0 Å². The van der Waals surface area contributed by atoms with Gasteiger partial charge in [-0.1, -0.05) is 12.1 Å². The highest BCUT2D eigenvalue weighted by molar-refractivity contribution is 5.74. The van der Waals surface area contributed by atoms with E-state index in [9.17, 15) is 0 Å². The molecule has 0 saturated carbocycles. The topological polar surface area (TPSA) is 83.7 Å². The number of nitrogen functional groups attached to an aromatic ring is 1. The molecule has 6 heteroatoms. The molecule has 1 saturated heterocycles. The summed E-state index contributed by atoms with van der Waals surface area (Å²) in [6.45, 7) is 3.84. The molecule has 1 aliphatic rings. The summed E-state index contributed by atoms with van der Waals surface area (Å²) in [6, 6.07) is 10.2. The molecular weight excluding hydrogens is 288 g/mol. The SMILES string of the molecule is Cc1cc(N2CCC[C@@H](c3nc4ccccc4[nH]3)C2)nc(N)n1. The quantitative estimate of drug-likeness (QED) is 0.760. The maximum absolute atomic E-state index is 5.80. The fourth-order valence-electron chi connectivity index (χ4n) is 3.31. The number of anilines is 2. The number of rotatable bonds is 2. The number of para-hydroxylation sites is 2. The van der Waals surface area contributed by atoms with Gasteiger partial charge in [-0.3, -0.25) is 0 Å². The highest BCUT2D eigenvalue weighted by atomic mass is 15.2. The van der Waals surface area contributed by atoms with E-state index in [2.05, 4.69) is 25.9 Å². The van der Waals surface area contributed by atoms with Crippen molar-refractivity contribution in [1.82, 2.24) is 19.9 Å². The van der Waals surface area contributed by atoms with Crippen molar-refractivity contribution in [2.24, 2.45) is 0 Å². The van der Waals surface area contributed by atoms with Gasteiger partial charge < -0.3 is 15.6 Å². The van der Waals surface area contributed by atoms with Crippen molar-refractivity contribution in [2.45, 2.75) is 25.7 Å². The molecule has 2 aromatic heterocycles. The third-order valence-electron chi connectivity index (χ3n) is 4.40. The lowest BCUT2D eigenvalue weighted by atomic mass is 9.97. The number of nitrogens with two attached hydrogens (primary N) is 1. The van der Waals surface area contributed by atoms with Crippen LogP contribution in [0.5, 0.6) is 0 Å². The van der Waals surface area contributed by atoms with Gasteiger partial charge >= 0.3 is 0 Å². The summed E-state index contributed by atoms with van der Waals surface area (Å²) >= 11 is 0. The molecule has 0 radical (unpaired) electrons. The van der Waals surface area contributed by atoms with Gasteiger partial charge in [-0.2, -0.15) is 4.98 Å². The third kappa shape index (κ3) is 2.72.